The van der Waals surface area contributed by atoms with Crippen molar-refractivity contribution in [3.05, 3.63) is 112 Å². The number of aromatic nitrogens is 1. The van der Waals surface area contributed by atoms with Crippen LogP contribution in [0.1, 0.15) is 48.4 Å². The van der Waals surface area contributed by atoms with E-state index in [0.717, 1.165) is 16.7 Å². The number of aryl methyl sites for hydroxylation is 1. The highest BCUT2D eigenvalue weighted by Gasteiger charge is 2.25. The summed E-state index contributed by atoms with van der Waals surface area (Å²) in [5.74, 6) is -0.0208. The van der Waals surface area contributed by atoms with E-state index >= 15 is 0 Å². The molecule has 3 aromatic carbocycles. The molecule has 1 unspecified atom stereocenters. The first-order valence-corrected chi connectivity index (χ1v) is 11.4. The highest BCUT2D eigenvalue weighted by atomic mass is 16.5. The Balaban J connectivity index is 1.53. The van der Waals surface area contributed by atoms with Crippen LogP contribution in [0, 0.1) is 12.8 Å². The Labute approximate surface area is 198 Å². The van der Waals surface area contributed by atoms with Gasteiger partial charge in [0.15, 0.2) is 0 Å². The van der Waals surface area contributed by atoms with Gasteiger partial charge in [-0.15, -0.1) is 0 Å². The molecule has 0 spiro atoms. The lowest BCUT2D eigenvalue weighted by Crippen LogP contribution is -2.34. The van der Waals surface area contributed by atoms with E-state index in [2.05, 4.69) is 10.3 Å². The summed E-state index contributed by atoms with van der Waals surface area (Å²) >= 11 is 0. The molecule has 174 valence electrons. The van der Waals surface area contributed by atoms with Gasteiger partial charge < -0.3 is 14.5 Å². The summed E-state index contributed by atoms with van der Waals surface area (Å²) in [7, 11) is 0. The molecule has 0 aliphatic carbocycles. The molecule has 1 atom stereocenters. The number of nitrogens with one attached hydrogen (secondary N) is 1. The summed E-state index contributed by atoms with van der Waals surface area (Å²) in [5, 5.41) is 3.29. The Morgan fingerprint density at radius 2 is 1.56 bits per heavy atom. The van der Waals surface area contributed by atoms with E-state index in [-0.39, 0.29) is 24.3 Å². The van der Waals surface area contributed by atoms with E-state index in [4.69, 9.17) is 9.15 Å². The van der Waals surface area contributed by atoms with Crippen molar-refractivity contribution in [1.82, 2.24) is 10.3 Å². The third-order valence-corrected chi connectivity index (χ3v) is 5.87. The highest BCUT2D eigenvalue weighted by Crippen LogP contribution is 2.26. The SMILES string of the molecule is Cc1cccc2nc(C(NC(=O)OCC(c3ccccc3)c3ccccc3)C(C)C)oc(=O)c12. The molecule has 0 saturated heterocycles. The number of rotatable bonds is 7. The average Bonchev–Trinajstić information content (AvgIpc) is 2.83. The average molecular weight is 457 g/mol. The van der Waals surface area contributed by atoms with Crippen LogP contribution in [-0.2, 0) is 4.74 Å². The monoisotopic (exact) mass is 456 g/mol. The van der Waals surface area contributed by atoms with Crippen LogP contribution in [0.15, 0.2) is 88.1 Å². The number of fused-ring (bicyclic) bond motifs is 1. The van der Waals surface area contributed by atoms with Crippen LogP contribution in [0.25, 0.3) is 10.9 Å². The molecule has 0 aliphatic heterocycles. The van der Waals surface area contributed by atoms with Crippen molar-refractivity contribution in [2.45, 2.75) is 32.7 Å². The first kappa shape index (κ1) is 23.2. The summed E-state index contributed by atoms with van der Waals surface area (Å²) in [6, 6.07) is 24.7. The number of hydrogen-bond acceptors (Lipinski definition) is 5. The van der Waals surface area contributed by atoms with Crippen LogP contribution >= 0.6 is 0 Å². The van der Waals surface area contributed by atoms with E-state index in [9.17, 15) is 9.59 Å². The van der Waals surface area contributed by atoms with Crippen molar-refractivity contribution in [1.29, 1.82) is 0 Å². The van der Waals surface area contributed by atoms with Crippen LogP contribution in [0.4, 0.5) is 4.79 Å². The molecule has 0 bridgehead atoms. The van der Waals surface area contributed by atoms with Crippen LogP contribution in [0.3, 0.4) is 0 Å². The van der Waals surface area contributed by atoms with Crippen molar-refractivity contribution in [3.63, 3.8) is 0 Å². The standard InChI is InChI=1S/C28H28N2O4/c1-18(2)25(26-29-23-16-10-11-19(3)24(23)27(31)34-26)30-28(32)33-17-22(20-12-6-4-7-13-20)21-14-8-5-9-15-21/h4-16,18,22,25H,17H2,1-3H3,(H,30,32). The molecule has 6 nitrogen and oxygen atoms in total. The van der Waals surface area contributed by atoms with Gasteiger partial charge in [0, 0.05) is 5.92 Å². The van der Waals surface area contributed by atoms with Gasteiger partial charge in [0.2, 0.25) is 5.89 Å². The molecule has 6 heteroatoms. The highest BCUT2D eigenvalue weighted by molar-refractivity contribution is 5.80. The lowest BCUT2D eigenvalue weighted by molar-refractivity contribution is 0.132. The van der Waals surface area contributed by atoms with E-state index in [0.29, 0.717) is 10.9 Å². The van der Waals surface area contributed by atoms with Crippen LogP contribution in [0.2, 0.25) is 0 Å². The van der Waals surface area contributed by atoms with Gasteiger partial charge in [0.1, 0.15) is 12.6 Å². The van der Waals surface area contributed by atoms with Gasteiger partial charge in [-0.3, -0.25) is 0 Å². The van der Waals surface area contributed by atoms with Gasteiger partial charge in [-0.05, 0) is 35.6 Å². The number of alkyl carbamates (subject to hydrolysis) is 1. The Bertz CT molecular complexity index is 1280. The van der Waals surface area contributed by atoms with E-state index in [1.54, 1.807) is 6.07 Å². The molecule has 1 aromatic heterocycles. The molecular formula is C28H28N2O4. The van der Waals surface area contributed by atoms with E-state index < -0.39 is 17.8 Å². The van der Waals surface area contributed by atoms with Gasteiger partial charge in [0.05, 0.1) is 10.9 Å². The minimum atomic E-state index is -0.614. The summed E-state index contributed by atoms with van der Waals surface area (Å²) in [6.45, 7) is 5.85. The second kappa shape index (κ2) is 10.3. The number of amides is 1. The molecule has 1 amide bonds. The number of carbonyl (C=O) groups excluding carboxylic acids is 1. The second-order valence-electron chi connectivity index (χ2n) is 8.65. The summed E-state index contributed by atoms with van der Waals surface area (Å²) in [6.07, 6.45) is -0.593. The smallest absolute Gasteiger partial charge is 0.407 e. The fraction of sp³-hybridized carbons (Fsp3) is 0.250. The molecule has 0 aliphatic rings. The molecule has 1 heterocycles. The van der Waals surface area contributed by atoms with Crippen molar-refractivity contribution >= 4 is 17.0 Å². The van der Waals surface area contributed by atoms with Crippen LogP contribution < -0.4 is 10.9 Å². The predicted molar refractivity (Wildman–Crippen MR) is 132 cm³/mol. The molecule has 0 radical (unpaired) electrons. The Morgan fingerprint density at radius 1 is 0.941 bits per heavy atom. The summed E-state index contributed by atoms with van der Waals surface area (Å²) in [4.78, 5) is 30.0. The minimum Gasteiger partial charge on any atom is -0.449 e. The quantitative estimate of drug-likeness (QED) is 0.383. The van der Waals surface area contributed by atoms with Gasteiger partial charge in [-0.2, -0.15) is 0 Å². The van der Waals surface area contributed by atoms with Gasteiger partial charge in [0.25, 0.3) is 0 Å². The maximum atomic E-state index is 12.8. The molecule has 34 heavy (non-hydrogen) atoms. The lowest BCUT2D eigenvalue weighted by atomic mass is 9.92. The van der Waals surface area contributed by atoms with Crippen molar-refractivity contribution < 1.29 is 13.9 Å². The van der Waals surface area contributed by atoms with Crippen molar-refractivity contribution in [3.8, 4) is 0 Å². The molecule has 1 N–H and O–H groups in total. The number of carbonyl (C=O) groups is 1. The zero-order valence-corrected chi connectivity index (χ0v) is 19.5. The summed E-state index contributed by atoms with van der Waals surface area (Å²) < 4.78 is 11.2. The number of nitrogens with zero attached hydrogens (tertiary/aromatic N) is 1. The largest absolute Gasteiger partial charge is 0.449 e. The minimum absolute atomic E-state index is 0.0792. The van der Waals surface area contributed by atoms with Crippen molar-refractivity contribution in [2.24, 2.45) is 5.92 Å². The van der Waals surface area contributed by atoms with Gasteiger partial charge in [-0.25, -0.2) is 14.6 Å². The molecule has 0 fully saturated rings. The molecule has 0 saturated carbocycles. The van der Waals surface area contributed by atoms with Crippen molar-refractivity contribution in [2.75, 3.05) is 6.61 Å². The topological polar surface area (TPSA) is 81.4 Å². The normalized spacial score (nSPS) is 12.1. The first-order valence-electron chi connectivity index (χ1n) is 11.4. The third kappa shape index (κ3) is 5.17. The molecule has 4 rings (SSSR count). The maximum Gasteiger partial charge on any atom is 0.407 e. The van der Waals surface area contributed by atoms with E-state index in [1.807, 2.05) is 93.6 Å². The lowest BCUT2D eigenvalue weighted by Gasteiger charge is -2.22. The molecular weight excluding hydrogens is 428 g/mol. The second-order valence-corrected chi connectivity index (χ2v) is 8.65. The number of hydrogen-bond donors (Lipinski definition) is 1. The maximum absolute atomic E-state index is 12.8. The Morgan fingerprint density at radius 3 is 2.15 bits per heavy atom. The third-order valence-electron chi connectivity index (χ3n) is 5.87. The van der Waals surface area contributed by atoms with Gasteiger partial charge >= 0.3 is 11.7 Å². The molecule has 4 aromatic rings. The van der Waals surface area contributed by atoms with Crippen LogP contribution in [-0.4, -0.2) is 17.7 Å². The number of ether oxygens (including phenoxy) is 1. The zero-order valence-electron chi connectivity index (χ0n) is 19.5. The Hall–Kier alpha value is -3.93. The fourth-order valence-electron chi connectivity index (χ4n) is 4.03. The zero-order chi connectivity index (χ0) is 24.1. The fourth-order valence-corrected chi connectivity index (χ4v) is 4.03. The summed E-state index contributed by atoms with van der Waals surface area (Å²) in [5.41, 5.74) is 2.98. The first-order chi connectivity index (χ1) is 16.4. The van der Waals surface area contributed by atoms with Crippen LogP contribution in [0.5, 0.6) is 0 Å². The van der Waals surface area contributed by atoms with Gasteiger partial charge in [-0.1, -0.05) is 86.6 Å². The predicted octanol–water partition coefficient (Wildman–Crippen LogP) is 5.75. The number of benzene rings is 3. The van der Waals surface area contributed by atoms with E-state index in [1.165, 1.54) is 0 Å². The Kier molecular flexibility index (Phi) is 7.07.